The smallest absolute Gasteiger partial charge is 0.341 e. The van der Waals surface area contributed by atoms with Gasteiger partial charge in [0.15, 0.2) is 0 Å². The third kappa shape index (κ3) is 4.69. The van der Waals surface area contributed by atoms with E-state index in [1.807, 2.05) is 11.5 Å². The van der Waals surface area contributed by atoms with Crippen LogP contribution in [0.3, 0.4) is 0 Å². The van der Waals surface area contributed by atoms with Gasteiger partial charge in [-0.3, -0.25) is 9.69 Å². The first-order chi connectivity index (χ1) is 15.0. The van der Waals surface area contributed by atoms with Gasteiger partial charge in [-0.15, -0.1) is 0 Å². The lowest BCUT2D eigenvalue weighted by molar-refractivity contribution is 0.0311. The summed E-state index contributed by atoms with van der Waals surface area (Å²) in [5.41, 5.74) is 0.874. The number of morpholine rings is 1. The summed E-state index contributed by atoms with van der Waals surface area (Å²) in [7, 11) is 0. The van der Waals surface area contributed by atoms with Crippen molar-refractivity contribution in [3.8, 4) is 0 Å². The first-order valence-electron chi connectivity index (χ1n) is 11.0. The minimum atomic E-state index is -1.18. The molecule has 1 unspecified atom stereocenters. The highest BCUT2D eigenvalue weighted by atomic mass is 79.9. The van der Waals surface area contributed by atoms with Crippen molar-refractivity contribution in [1.29, 1.82) is 0 Å². The van der Waals surface area contributed by atoms with Gasteiger partial charge in [0.2, 0.25) is 5.43 Å². The Labute approximate surface area is 189 Å². The molecule has 0 amide bonds. The molecule has 0 aliphatic carbocycles. The first kappa shape index (κ1) is 22.4. The van der Waals surface area contributed by atoms with E-state index in [9.17, 15) is 14.7 Å². The van der Waals surface area contributed by atoms with E-state index in [4.69, 9.17) is 4.74 Å². The third-order valence-corrected chi connectivity index (χ3v) is 7.10. The molecule has 168 valence electrons. The van der Waals surface area contributed by atoms with Gasteiger partial charge in [0.05, 0.1) is 30.3 Å². The Balaban J connectivity index is 1.65. The van der Waals surface area contributed by atoms with Crippen molar-refractivity contribution >= 4 is 32.8 Å². The third-order valence-electron chi connectivity index (χ3n) is 6.42. The van der Waals surface area contributed by atoms with Gasteiger partial charge in [0.1, 0.15) is 10.2 Å². The number of carboxylic acid groups (broad SMARTS) is 1. The maximum atomic E-state index is 13.0. The van der Waals surface area contributed by atoms with Crippen LogP contribution in [0.25, 0.3) is 10.9 Å². The van der Waals surface area contributed by atoms with E-state index < -0.39 is 11.4 Å². The highest BCUT2D eigenvalue weighted by Crippen LogP contribution is 2.29. The van der Waals surface area contributed by atoms with E-state index in [-0.39, 0.29) is 11.6 Å². The van der Waals surface area contributed by atoms with E-state index in [0.29, 0.717) is 16.4 Å². The Morgan fingerprint density at radius 2 is 2.00 bits per heavy atom. The Morgan fingerprint density at radius 1 is 1.26 bits per heavy atom. The van der Waals surface area contributed by atoms with Crippen LogP contribution in [0.5, 0.6) is 0 Å². The normalized spacial score (nSPS) is 20.9. The van der Waals surface area contributed by atoms with Gasteiger partial charge >= 0.3 is 5.97 Å². The minimum Gasteiger partial charge on any atom is -0.477 e. The summed E-state index contributed by atoms with van der Waals surface area (Å²) in [4.78, 5) is 34.2. The summed E-state index contributed by atoms with van der Waals surface area (Å²) in [5.74, 6) is -1.18. The second-order valence-corrected chi connectivity index (χ2v) is 9.03. The summed E-state index contributed by atoms with van der Waals surface area (Å²) >= 11 is 3.43. The Morgan fingerprint density at radius 3 is 2.71 bits per heavy atom. The molecule has 9 heteroatoms. The van der Waals surface area contributed by atoms with Crippen molar-refractivity contribution in [3.05, 3.63) is 38.3 Å². The van der Waals surface area contributed by atoms with E-state index in [2.05, 4.69) is 30.7 Å². The van der Waals surface area contributed by atoms with Crippen LogP contribution in [-0.4, -0.2) is 82.9 Å². The Bertz CT molecular complexity index is 1020. The molecule has 4 rings (SSSR count). The molecule has 31 heavy (non-hydrogen) atoms. The number of halogens is 1. The average molecular weight is 493 g/mol. The number of aromatic carboxylic acids is 1. The van der Waals surface area contributed by atoms with Crippen LogP contribution in [0.2, 0.25) is 0 Å². The number of aryl methyl sites for hydroxylation is 1. The van der Waals surface area contributed by atoms with Crippen molar-refractivity contribution in [2.24, 2.45) is 0 Å². The van der Waals surface area contributed by atoms with Gasteiger partial charge < -0.3 is 19.3 Å². The molecule has 2 aliphatic heterocycles. The molecule has 0 saturated carbocycles. The molecule has 0 aromatic carbocycles. The van der Waals surface area contributed by atoms with Crippen LogP contribution in [0.1, 0.15) is 41.7 Å². The number of hydrogen-bond acceptors (Lipinski definition) is 6. The second kappa shape index (κ2) is 9.77. The maximum Gasteiger partial charge on any atom is 0.341 e. The van der Waals surface area contributed by atoms with Crippen LogP contribution in [-0.2, 0) is 11.2 Å². The van der Waals surface area contributed by atoms with Crippen LogP contribution < -0.4 is 5.43 Å². The van der Waals surface area contributed by atoms with Gasteiger partial charge in [0, 0.05) is 45.0 Å². The summed E-state index contributed by atoms with van der Waals surface area (Å²) < 4.78 is 8.02. The van der Waals surface area contributed by atoms with Gasteiger partial charge in [-0.1, -0.05) is 6.92 Å². The molecule has 2 aromatic heterocycles. The number of rotatable bonds is 6. The molecule has 1 atom stereocenters. The van der Waals surface area contributed by atoms with Crippen molar-refractivity contribution in [2.45, 2.75) is 32.2 Å². The molecule has 1 N–H and O–H groups in total. The number of ether oxygens (including phenoxy) is 1. The van der Waals surface area contributed by atoms with E-state index in [0.717, 1.165) is 76.4 Å². The van der Waals surface area contributed by atoms with Gasteiger partial charge in [-0.2, -0.15) is 0 Å². The van der Waals surface area contributed by atoms with Crippen LogP contribution in [0, 0.1) is 0 Å². The molecule has 2 fully saturated rings. The van der Waals surface area contributed by atoms with Gasteiger partial charge in [-0.25, -0.2) is 9.78 Å². The van der Waals surface area contributed by atoms with Crippen molar-refractivity contribution in [3.63, 3.8) is 0 Å². The zero-order chi connectivity index (χ0) is 22.0. The van der Waals surface area contributed by atoms with E-state index in [1.165, 1.54) is 6.20 Å². The van der Waals surface area contributed by atoms with Crippen molar-refractivity contribution < 1.29 is 14.6 Å². The minimum absolute atomic E-state index is 0.104. The highest BCUT2D eigenvalue weighted by molar-refractivity contribution is 9.10. The molecule has 2 aromatic rings. The Kier molecular flexibility index (Phi) is 7.05. The molecular weight excluding hydrogens is 464 g/mol. The standard InChI is InChI=1S/C22H29BrN4O4/c1-2-16-19-18(12-24-21(16)23)27(14-17(20(19)28)22(29)30)15-4-3-5-26(13-15)7-6-25-8-10-31-11-9-25/h12,14-15H,2-11,13H2,1H3,(H,29,30). The summed E-state index contributed by atoms with van der Waals surface area (Å²) in [6, 6.07) is 0.104. The predicted molar refractivity (Wildman–Crippen MR) is 122 cm³/mol. The number of hydrogen-bond donors (Lipinski definition) is 1. The predicted octanol–water partition coefficient (Wildman–Crippen LogP) is 2.39. The number of piperidine rings is 1. The summed E-state index contributed by atoms with van der Waals surface area (Å²) in [6.45, 7) is 9.35. The number of likely N-dealkylation sites (tertiary alicyclic amines) is 1. The number of nitrogens with zero attached hydrogens (tertiary/aromatic N) is 4. The van der Waals surface area contributed by atoms with Crippen LogP contribution in [0.4, 0.5) is 0 Å². The lowest BCUT2D eigenvalue weighted by Crippen LogP contribution is -2.44. The molecule has 2 saturated heterocycles. The van der Waals surface area contributed by atoms with Crippen molar-refractivity contribution in [2.75, 3.05) is 52.5 Å². The van der Waals surface area contributed by atoms with Gasteiger partial charge in [-0.05, 0) is 47.3 Å². The average Bonchev–Trinajstić information content (AvgIpc) is 2.78. The molecule has 2 aliphatic rings. The first-order valence-corrected chi connectivity index (χ1v) is 11.8. The zero-order valence-electron chi connectivity index (χ0n) is 17.8. The number of pyridine rings is 2. The lowest BCUT2D eigenvalue weighted by atomic mass is 10.0. The fourth-order valence-corrected chi connectivity index (χ4v) is 5.30. The quantitative estimate of drug-likeness (QED) is 0.619. The largest absolute Gasteiger partial charge is 0.477 e. The van der Waals surface area contributed by atoms with Gasteiger partial charge in [0.25, 0.3) is 0 Å². The monoisotopic (exact) mass is 492 g/mol. The number of fused-ring (bicyclic) bond motifs is 1. The summed E-state index contributed by atoms with van der Waals surface area (Å²) in [5, 5.41) is 10.2. The second-order valence-electron chi connectivity index (χ2n) is 8.28. The molecular formula is C22H29BrN4O4. The van der Waals surface area contributed by atoms with Crippen LogP contribution >= 0.6 is 15.9 Å². The number of aromatic nitrogens is 2. The van der Waals surface area contributed by atoms with Crippen LogP contribution in [0.15, 0.2) is 21.8 Å². The zero-order valence-corrected chi connectivity index (χ0v) is 19.4. The SMILES string of the molecule is CCc1c(Br)ncc2c1c(=O)c(C(=O)O)cn2C1CCCN(CCN2CCOCC2)C1. The van der Waals surface area contributed by atoms with E-state index in [1.54, 1.807) is 6.20 Å². The molecule has 4 heterocycles. The van der Waals surface area contributed by atoms with Crippen molar-refractivity contribution in [1.82, 2.24) is 19.4 Å². The fourth-order valence-electron chi connectivity index (χ4n) is 4.72. The highest BCUT2D eigenvalue weighted by Gasteiger charge is 2.26. The molecule has 0 radical (unpaired) electrons. The molecule has 8 nitrogen and oxygen atoms in total. The topological polar surface area (TPSA) is 87.9 Å². The summed E-state index contributed by atoms with van der Waals surface area (Å²) in [6.07, 6.45) is 5.80. The molecule has 0 bridgehead atoms. The van der Waals surface area contributed by atoms with E-state index >= 15 is 0 Å². The fraction of sp³-hybridized carbons (Fsp3) is 0.591. The number of carboxylic acids is 1. The Hall–Kier alpha value is -1.81. The maximum absolute atomic E-state index is 13.0. The number of carbonyl (C=O) groups is 1. The lowest BCUT2D eigenvalue weighted by Gasteiger charge is -2.36. The molecule has 0 spiro atoms.